The molecular weight excluding hydrogens is 410 g/mol. The molecule has 0 amide bonds. The summed E-state index contributed by atoms with van der Waals surface area (Å²) < 4.78 is 2.26. The van der Waals surface area contributed by atoms with E-state index in [1.165, 1.54) is 6.42 Å². The summed E-state index contributed by atoms with van der Waals surface area (Å²) in [7, 11) is 0. The molecule has 7 heteroatoms. The molecule has 7 nitrogen and oxygen atoms in total. The van der Waals surface area contributed by atoms with Crippen molar-refractivity contribution in [3.63, 3.8) is 0 Å². The van der Waals surface area contributed by atoms with Gasteiger partial charge in [-0.25, -0.2) is 15.0 Å². The number of nitrogen functional groups attached to an aromatic ring is 1. The lowest BCUT2D eigenvalue weighted by atomic mass is 10.1. The molecule has 3 atom stereocenters. The number of imidazole rings is 1. The molecule has 0 saturated carbocycles. The number of nitrogens with zero attached hydrogens (tertiary/aromatic N) is 5. The molecule has 33 heavy (non-hydrogen) atoms. The number of anilines is 1. The fourth-order valence-corrected chi connectivity index (χ4v) is 5.32. The van der Waals surface area contributed by atoms with E-state index in [1.54, 1.807) is 6.20 Å². The van der Waals surface area contributed by atoms with Crippen molar-refractivity contribution in [1.29, 1.82) is 0 Å². The molecule has 6 rings (SSSR count). The zero-order chi connectivity index (χ0) is 22.4. The molecule has 4 aromatic rings. The standard InChI is InChI=1S/C26H27N7/c1-2-7-23(32-16-18-14-19(32)15-29-18)33-25(20-10-6-13-28-24(20)27)31-22-12-11-21(30-26(22)33)17-8-4-3-5-9-17/h2-6,8-13,18-19,23,29H,1,7,14-16H2,(H2,27,28)/t18-,19-,23?/m0/s1. The number of fused-ring (bicyclic) bond motifs is 3. The van der Waals surface area contributed by atoms with Gasteiger partial charge in [-0.1, -0.05) is 36.4 Å². The Morgan fingerprint density at radius 2 is 2.00 bits per heavy atom. The number of pyridine rings is 2. The van der Waals surface area contributed by atoms with Crippen molar-refractivity contribution in [1.82, 2.24) is 29.7 Å². The summed E-state index contributed by atoms with van der Waals surface area (Å²) in [4.78, 5) is 17.1. The van der Waals surface area contributed by atoms with Crippen molar-refractivity contribution in [2.24, 2.45) is 0 Å². The molecule has 2 aliphatic rings. The molecule has 1 aromatic carbocycles. The molecule has 2 saturated heterocycles. The highest BCUT2D eigenvalue weighted by Crippen LogP contribution is 2.38. The third-order valence-corrected chi connectivity index (χ3v) is 6.84. The van der Waals surface area contributed by atoms with Gasteiger partial charge in [0, 0.05) is 36.9 Å². The number of piperazine rings is 1. The lowest BCUT2D eigenvalue weighted by Gasteiger charge is -2.36. The first-order valence-corrected chi connectivity index (χ1v) is 11.5. The third-order valence-electron chi connectivity index (χ3n) is 6.84. The van der Waals surface area contributed by atoms with Crippen molar-refractivity contribution in [3.8, 4) is 22.6 Å². The highest BCUT2D eigenvalue weighted by molar-refractivity contribution is 5.82. The second-order valence-electron chi connectivity index (χ2n) is 8.84. The Labute approximate surface area is 193 Å². The topological polar surface area (TPSA) is 84.9 Å². The fourth-order valence-electron chi connectivity index (χ4n) is 5.32. The van der Waals surface area contributed by atoms with Crippen LogP contribution in [0.5, 0.6) is 0 Å². The van der Waals surface area contributed by atoms with Crippen LogP contribution in [-0.4, -0.2) is 49.6 Å². The Morgan fingerprint density at radius 3 is 2.73 bits per heavy atom. The summed E-state index contributed by atoms with van der Waals surface area (Å²) in [6, 6.07) is 19.3. The number of hydrogen-bond acceptors (Lipinski definition) is 6. The molecule has 1 unspecified atom stereocenters. The quantitative estimate of drug-likeness (QED) is 0.446. The van der Waals surface area contributed by atoms with E-state index in [2.05, 4.69) is 44.5 Å². The fraction of sp³-hybridized carbons (Fsp3) is 0.269. The number of nitrogens with two attached hydrogens (primary N) is 1. The first kappa shape index (κ1) is 20.1. The monoisotopic (exact) mass is 437 g/mol. The van der Waals surface area contributed by atoms with Crippen LogP contribution in [0, 0.1) is 0 Å². The van der Waals surface area contributed by atoms with E-state index >= 15 is 0 Å². The van der Waals surface area contributed by atoms with E-state index in [-0.39, 0.29) is 6.17 Å². The zero-order valence-electron chi connectivity index (χ0n) is 18.4. The van der Waals surface area contributed by atoms with Gasteiger partial charge in [0.15, 0.2) is 5.65 Å². The van der Waals surface area contributed by atoms with Crippen LogP contribution in [0.2, 0.25) is 0 Å². The van der Waals surface area contributed by atoms with Crippen molar-refractivity contribution in [3.05, 3.63) is 73.4 Å². The molecule has 0 spiro atoms. The molecular formula is C26H27N7. The van der Waals surface area contributed by atoms with Crippen LogP contribution >= 0.6 is 0 Å². The predicted molar refractivity (Wildman–Crippen MR) is 131 cm³/mol. The van der Waals surface area contributed by atoms with Gasteiger partial charge in [0.2, 0.25) is 0 Å². The van der Waals surface area contributed by atoms with Crippen molar-refractivity contribution in [2.45, 2.75) is 31.1 Å². The minimum Gasteiger partial charge on any atom is -0.383 e. The van der Waals surface area contributed by atoms with Crippen molar-refractivity contribution < 1.29 is 0 Å². The van der Waals surface area contributed by atoms with E-state index in [0.717, 1.165) is 53.3 Å². The Kier molecular flexibility index (Phi) is 4.93. The molecule has 5 heterocycles. The smallest absolute Gasteiger partial charge is 0.162 e. The first-order chi connectivity index (χ1) is 16.2. The zero-order valence-corrected chi connectivity index (χ0v) is 18.4. The number of nitrogens with one attached hydrogen (secondary N) is 1. The number of aromatic nitrogens is 4. The van der Waals surface area contributed by atoms with Crippen LogP contribution in [0.25, 0.3) is 33.8 Å². The normalized spacial score (nSPS) is 21.0. The highest BCUT2D eigenvalue weighted by Gasteiger charge is 2.42. The Hall–Kier alpha value is -3.55. The average Bonchev–Trinajstić information content (AvgIpc) is 3.57. The van der Waals surface area contributed by atoms with Gasteiger partial charge in [-0.15, -0.1) is 6.58 Å². The number of benzene rings is 1. The van der Waals surface area contributed by atoms with Crippen LogP contribution < -0.4 is 11.1 Å². The van der Waals surface area contributed by atoms with Crippen molar-refractivity contribution in [2.75, 3.05) is 18.8 Å². The van der Waals surface area contributed by atoms with Gasteiger partial charge in [0.1, 0.15) is 17.2 Å². The molecule has 0 radical (unpaired) electrons. The minimum absolute atomic E-state index is 0.0535. The van der Waals surface area contributed by atoms with Gasteiger partial charge >= 0.3 is 0 Å². The highest BCUT2D eigenvalue weighted by atomic mass is 15.4. The predicted octanol–water partition coefficient (Wildman–Crippen LogP) is 3.86. The van der Waals surface area contributed by atoms with Crippen LogP contribution in [0.4, 0.5) is 5.82 Å². The van der Waals surface area contributed by atoms with E-state index in [1.807, 2.05) is 42.5 Å². The summed E-state index contributed by atoms with van der Waals surface area (Å²) in [5.74, 6) is 1.27. The second kappa shape index (κ2) is 8.10. The largest absolute Gasteiger partial charge is 0.383 e. The van der Waals surface area contributed by atoms with E-state index in [4.69, 9.17) is 15.7 Å². The maximum Gasteiger partial charge on any atom is 0.162 e. The Balaban J connectivity index is 1.58. The van der Waals surface area contributed by atoms with Gasteiger partial charge in [0.05, 0.1) is 17.4 Å². The summed E-state index contributed by atoms with van der Waals surface area (Å²) in [5.41, 5.74) is 10.9. The van der Waals surface area contributed by atoms with Gasteiger partial charge in [-0.3, -0.25) is 9.47 Å². The average molecular weight is 438 g/mol. The third kappa shape index (κ3) is 3.41. The second-order valence-corrected chi connectivity index (χ2v) is 8.84. The summed E-state index contributed by atoms with van der Waals surface area (Å²) >= 11 is 0. The summed E-state index contributed by atoms with van der Waals surface area (Å²) in [6.45, 7) is 6.09. The molecule has 166 valence electrons. The minimum atomic E-state index is 0.0535. The lowest BCUT2D eigenvalue weighted by molar-refractivity contribution is 0.114. The molecule has 2 bridgehead atoms. The van der Waals surface area contributed by atoms with Crippen LogP contribution in [-0.2, 0) is 0 Å². The number of likely N-dealkylation sites (tertiary alicyclic amines) is 1. The van der Waals surface area contributed by atoms with Gasteiger partial charge in [-0.05, 0) is 37.1 Å². The van der Waals surface area contributed by atoms with E-state index < -0.39 is 0 Å². The Bertz CT molecular complexity index is 1310. The lowest BCUT2D eigenvalue weighted by Crippen LogP contribution is -2.46. The van der Waals surface area contributed by atoms with Gasteiger partial charge < -0.3 is 11.1 Å². The molecule has 2 fully saturated rings. The van der Waals surface area contributed by atoms with Crippen LogP contribution in [0.3, 0.4) is 0 Å². The molecule has 0 aliphatic carbocycles. The van der Waals surface area contributed by atoms with Crippen LogP contribution in [0.1, 0.15) is 19.0 Å². The molecule has 2 aliphatic heterocycles. The maximum absolute atomic E-state index is 6.32. The first-order valence-electron chi connectivity index (χ1n) is 11.5. The van der Waals surface area contributed by atoms with Gasteiger partial charge in [-0.2, -0.15) is 0 Å². The summed E-state index contributed by atoms with van der Waals surface area (Å²) in [5, 5.41) is 3.61. The van der Waals surface area contributed by atoms with E-state index in [0.29, 0.717) is 17.9 Å². The summed E-state index contributed by atoms with van der Waals surface area (Å²) in [6.07, 6.45) is 5.72. The number of rotatable bonds is 6. The van der Waals surface area contributed by atoms with E-state index in [9.17, 15) is 0 Å². The number of hydrogen-bond donors (Lipinski definition) is 2. The molecule has 3 aromatic heterocycles. The SMILES string of the molecule is C=CCC(N1C[C@@H]2C[C@H]1CN2)n1c(-c2cccnc2N)nc2ccc(-c3ccccc3)nc21. The van der Waals surface area contributed by atoms with Crippen LogP contribution in [0.15, 0.2) is 73.4 Å². The maximum atomic E-state index is 6.32. The van der Waals surface area contributed by atoms with Gasteiger partial charge in [0.25, 0.3) is 0 Å². The van der Waals surface area contributed by atoms with Crippen molar-refractivity contribution >= 4 is 17.0 Å². The Morgan fingerprint density at radius 1 is 1.12 bits per heavy atom. The molecule has 3 N–H and O–H groups in total.